The van der Waals surface area contributed by atoms with Gasteiger partial charge in [-0.3, -0.25) is 9.59 Å². The Balaban J connectivity index is 2.68. The molecule has 8 nitrogen and oxygen atoms in total. The van der Waals surface area contributed by atoms with Crippen molar-refractivity contribution in [3.63, 3.8) is 0 Å². The van der Waals surface area contributed by atoms with Gasteiger partial charge in [-0.1, -0.05) is 0 Å². The molecule has 1 aromatic rings. The van der Waals surface area contributed by atoms with E-state index in [9.17, 15) is 9.59 Å². The number of nitrogens with one attached hydrogen (secondary N) is 1. The number of aromatic nitrogens is 1. The number of oxazole rings is 1. The van der Waals surface area contributed by atoms with Crippen LogP contribution in [0.5, 0.6) is 0 Å². The second kappa shape index (κ2) is 13.6. The van der Waals surface area contributed by atoms with Gasteiger partial charge in [0, 0.05) is 45.4 Å². The van der Waals surface area contributed by atoms with E-state index in [4.69, 9.17) is 25.5 Å². The average molecular weight is 432 g/mol. The summed E-state index contributed by atoms with van der Waals surface area (Å²) in [6, 6.07) is 0. The smallest absolute Gasteiger partial charge is 0.273 e. The van der Waals surface area contributed by atoms with Crippen LogP contribution in [0.15, 0.2) is 10.7 Å². The second-order valence-electron chi connectivity index (χ2n) is 7.23. The molecular weight excluding hydrogens is 398 g/mol. The van der Waals surface area contributed by atoms with E-state index in [-0.39, 0.29) is 29.9 Å². The minimum absolute atomic E-state index is 0.0934. The predicted octanol–water partition coefficient (Wildman–Crippen LogP) is 2.85. The van der Waals surface area contributed by atoms with E-state index >= 15 is 0 Å². The lowest BCUT2D eigenvalue weighted by Gasteiger charge is -2.29. The Kier molecular flexibility index (Phi) is 11.9. The highest BCUT2D eigenvalue weighted by atomic mass is 35.5. The summed E-state index contributed by atoms with van der Waals surface area (Å²) in [5, 5.41) is 2.77. The summed E-state index contributed by atoms with van der Waals surface area (Å²) in [6.45, 7) is 11.0. The van der Waals surface area contributed by atoms with Crippen LogP contribution in [-0.2, 0) is 20.8 Å². The van der Waals surface area contributed by atoms with Gasteiger partial charge >= 0.3 is 0 Å². The van der Waals surface area contributed by atoms with Crippen molar-refractivity contribution in [2.45, 2.75) is 47.1 Å². The Morgan fingerprint density at radius 3 is 2.48 bits per heavy atom. The van der Waals surface area contributed by atoms with Crippen LogP contribution in [0.2, 0.25) is 0 Å². The Hall–Kier alpha value is -1.64. The number of hydrogen-bond donors (Lipinski definition) is 1. The zero-order chi connectivity index (χ0) is 21.7. The maximum atomic E-state index is 12.9. The average Bonchev–Trinajstić information content (AvgIpc) is 3.18. The summed E-state index contributed by atoms with van der Waals surface area (Å²) >= 11 is 5.97. The molecule has 0 saturated carbocycles. The van der Waals surface area contributed by atoms with Crippen LogP contribution in [0.1, 0.15) is 56.9 Å². The molecule has 1 N–H and O–H groups in total. The lowest BCUT2D eigenvalue weighted by atomic mass is 9.94. The van der Waals surface area contributed by atoms with E-state index in [1.54, 1.807) is 18.7 Å². The fourth-order valence-electron chi connectivity index (χ4n) is 2.50. The van der Waals surface area contributed by atoms with Crippen LogP contribution < -0.4 is 5.32 Å². The van der Waals surface area contributed by atoms with Crippen LogP contribution in [0.4, 0.5) is 0 Å². The Labute approximate surface area is 178 Å². The van der Waals surface area contributed by atoms with Crippen LogP contribution in [0, 0.1) is 5.41 Å². The van der Waals surface area contributed by atoms with E-state index < -0.39 is 5.41 Å². The first-order valence-corrected chi connectivity index (χ1v) is 10.6. The first kappa shape index (κ1) is 25.4. The van der Waals surface area contributed by atoms with Crippen molar-refractivity contribution in [2.75, 3.05) is 45.4 Å². The quantitative estimate of drug-likeness (QED) is 0.339. The molecule has 0 bridgehead atoms. The summed E-state index contributed by atoms with van der Waals surface area (Å²) in [4.78, 5) is 30.9. The molecule has 1 rings (SSSR count). The standard InChI is InChI=1S/C20H34ClN3O5/c1-5-27-11-7-9-22-18(25)16-14-29-17(23-16)13-24(10-8-12-28-6-2)19(26)20(3,4)15-21/h14H,5-13,15H2,1-4H3,(H,22,25). The highest BCUT2D eigenvalue weighted by molar-refractivity contribution is 6.19. The molecule has 9 heteroatoms. The third-order valence-corrected chi connectivity index (χ3v) is 4.85. The van der Waals surface area contributed by atoms with E-state index in [1.807, 2.05) is 13.8 Å². The molecule has 0 unspecified atom stereocenters. The lowest BCUT2D eigenvalue weighted by Crippen LogP contribution is -2.42. The van der Waals surface area contributed by atoms with Crippen LogP contribution in [0.25, 0.3) is 0 Å². The normalized spacial score (nSPS) is 11.5. The molecule has 0 fully saturated rings. The van der Waals surface area contributed by atoms with Gasteiger partial charge in [0.25, 0.3) is 5.91 Å². The van der Waals surface area contributed by atoms with Crippen LogP contribution >= 0.6 is 11.6 Å². The number of halogens is 1. The Bertz CT molecular complexity index is 621. The van der Waals surface area contributed by atoms with Gasteiger partial charge in [0.1, 0.15) is 6.26 Å². The highest BCUT2D eigenvalue weighted by Gasteiger charge is 2.32. The third kappa shape index (κ3) is 9.14. The Morgan fingerprint density at radius 1 is 1.21 bits per heavy atom. The molecule has 1 aromatic heterocycles. The van der Waals surface area contributed by atoms with Gasteiger partial charge in [-0.15, -0.1) is 11.6 Å². The first-order valence-electron chi connectivity index (χ1n) is 10.1. The van der Waals surface area contributed by atoms with Gasteiger partial charge in [0.05, 0.1) is 12.0 Å². The Morgan fingerprint density at radius 2 is 1.86 bits per heavy atom. The third-order valence-electron chi connectivity index (χ3n) is 4.19. The number of ether oxygens (including phenoxy) is 2. The largest absolute Gasteiger partial charge is 0.446 e. The molecule has 166 valence electrons. The summed E-state index contributed by atoms with van der Waals surface area (Å²) in [7, 11) is 0. The number of rotatable bonds is 15. The molecule has 2 amide bonds. The zero-order valence-corrected chi connectivity index (χ0v) is 18.7. The van der Waals surface area contributed by atoms with Crippen LogP contribution in [0.3, 0.4) is 0 Å². The topological polar surface area (TPSA) is 93.9 Å². The number of carbonyl (C=O) groups excluding carboxylic acids is 2. The van der Waals surface area contributed by atoms with E-state index in [0.717, 1.165) is 6.42 Å². The van der Waals surface area contributed by atoms with Gasteiger partial charge in [-0.2, -0.15) is 0 Å². The molecule has 0 aliphatic carbocycles. The van der Waals surface area contributed by atoms with Crippen molar-refractivity contribution in [3.05, 3.63) is 17.8 Å². The number of carbonyl (C=O) groups is 2. The second-order valence-corrected chi connectivity index (χ2v) is 7.49. The summed E-state index contributed by atoms with van der Waals surface area (Å²) in [6.07, 6.45) is 2.72. The maximum Gasteiger partial charge on any atom is 0.273 e. The van der Waals surface area contributed by atoms with Crippen LogP contribution in [-0.4, -0.2) is 67.1 Å². The molecule has 0 aromatic carbocycles. The van der Waals surface area contributed by atoms with Gasteiger partial charge in [0.2, 0.25) is 11.8 Å². The molecule has 29 heavy (non-hydrogen) atoms. The molecule has 0 radical (unpaired) electrons. The highest BCUT2D eigenvalue weighted by Crippen LogP contribution is 2.22. The SMILES string of the molecule is CCOCCCNC(=O)c1coc(CN(CCCOCC)C(=O)C(C)(C)CCl)n1. The van der Waals surface area contributed by atoms with E-state index in [2.05, 4.69) is 10.3 Å². The van der Waals surface area contributed by atoms with Gasteiger partial charge in [0.15, 0.2) is 5.69 Å². The number of hydrogen-bond acceptors (Lipinski definition) is 6. The van der Waals surface area contributed by atoms with E-state index in [0.29, 0.717) is 51.8 Å². The molecule has 0 aliphatic heterocycles. The molecule has 0 aliphatic rings. The van der Waals surface area contributed by atoms with E-state index in [1.165, 1.54) is 6.26 Å². The summed E-state index contributed by atoms with van der Waals surface area (Å²) in [5.41, 5.74) is -0.518. The monoisotopic (exact) mass is 431 g/mol. The molecule has 0 saturated heterocycles. The van der Waals surface area contributed by atoms with Crippen molar-refractivity contribution in [3.8, 4) is 0 Å². The van der Waals surface area contributed by atoms with Gasteiger partial charge < -0.3 is 24.1 Å². The van der Waals surface area contributed by atoms with Crippen molar-refractivity contribution in [1.82, 2.24) is 15.2 Å². The zero-order valence-electron chi connectivity index (χ0n) is 18.0. The predicted molar refractivity (Wildman–Crippen MR) is 111 cm³/mol. The summed E-state index contributed by atoms with van der Waals surface area (Å²) < 4.78 is 16.0. The van der Waals surface area contributed by atoms with Gasteiger partial charge in [-0.05, 0) is 40.5 Å². The van der Waals surface area contributed by atoms with Crippen molar-refractivity contribution >= 4 is 23.4 Å². The number of alkyl halides is 1. The number of amides is 2. The molecular formula is C20H34ClN3O5. The minimum Gasteiger partial charge on any atom is -0.446 e. The fourth-order valence-corrected chi connectivity index (χ4v) is 2.62. The summed E-state index contributed by atoms with van der Waals surface area (Å²) in [5.74, 6) is 0.102. The van der Waals surface area contributed by atoms with Crippen molar-refractivity contribution < 1.29 is 23.5 Å². The number of nitrogens with zero attached hydrogens (tertiary/aromatic N) is 2. The maximum absolute atomic E-state index is 12.9. The van der Waals surface area contributed by atoms with Crippen molar-refractivity contribution in [1.29, 1.82) is 0 Å². The van der Waals surface area contributed by atoms with Crippen molar-refractivity contribution in [2.24, 2.45) is 5.41 Å². The molecule has 1 heterocycles. The minimum atomic E-state index is -0.708. The first-order chi connectivity index (χ1) is 13.9. The fraction of sp³-hybridized carbons (Fsp3) is 0.750. The lowest BCUT2D eigenvalue weighted by molar-refractivity contribution is -0.140. The molecule has 0 spiro atoms. The van der Waals surface area contributed by atoms with Gasteiger partial charge in [-0.25, -0.2) is 4.98 Å². The molecule has 0 atom stereocenters.